The highest BCUT2D eigenvalue weighted by atomic mass is 32.1. The average Bonchev–Trinajstić information content (AvgIpc) is 3.27. The average molecular weight is 499 g/mol. The van der Waals surface area contributed by atoms with E-state index >= 15 is 0 Å². The Morgan fingerprint density at radius 2 is 1.74 bits per heavy atom. The molecule has 0 spiro atoms. The maximum Gasteiger partial charge on any atom is 0.348 e. The van der Waals surface area contributed by atoms with Crippen LogP contribution in [-0.4, -0.2) is 34.1 Å². The lowest BCUT2D eigenvalue weighted by atomic mass is 9.81. The quantitative estimate of drug-likeness (QED) is 0.480. The highest BCUT2D eigenvalue weighted by Gasteiger charge is 2.38. The number of thiophene rings is 1. The van der Waals surface area contributed by atoms with Gasteiger partial charge in [-0.05, 0) is 74.8 Å². The molecule has 6 nitrogen and oxygen atoms in total. The van der Waals surface area contributed by atoms with Crippen molar-refractivity contribution in [2.75, 3.05) is 4.90 Å². The van der Waals surface area contributed by atoms with Gasteiger partial charge in [0.05, 0.1) is 5.69 Å². The molecule has 190 valence electrons. The van der Waals surface area contributed by atoms with E-state index in [-0.39, 0.29) is 34.3 Å². The Morgan fingerprint density at radius 3 is 2.31 bits per heavy atom. The van der Waals surface area contributed by atoms with Crippen LogP contribution in [0.15, 0.2) is 30.5 Å². The summed E-state index contributed by atoms with van der Waals surface area (Å²) >= 11 is 1.31. The second-order valence-corrected chi connectivity index (χ2v) is 12.3. The van der Waals surface area contributed by atoms with Crippen LogP contribution in [0.1, 0.15) is 93.6 Å². The Balaban J connectivity index is 1.60. The van der Waals surface area contributed by atoms with E-state index in [4.69, 9.17) is 4.74 Å². The van der Waals surface area contributed by atoms with Crippen molar-refractivity contribution in [1.82, 2.24) is 4.98 Å². The van der Waals surface area contributed by atoms with Gasteiger partial charge >= 0.3 is 5.97 Å². The molecule has 2 saturated carbocycles. The normalized spacial score (nSPS) is 25.1. The van der Waals surface area contributed by atoms with Crippen LogP contribution in [0.25, 0.3) is 0 Å². The van der Waals surface area contributed by atoms with Crippen molar-refractivity contribution in [1.29, 1.82) is 0 Å². The zero-order valence-corrected chi connectivity index (χ0v) is 22.1. The third-order valence-electron chi connectivity index (χ3n) is 7.44. The summed E-state index contributed by atoms with van der Waals surface area (Å²) in [5.74, 6) is 0.388. The molecule has 4 rings (SSSR count). The van der Waals surface area contributed by atoms with Crippen molar-refractivity contribution >= 4 is 28.9 Å². The van der Waals surface area contributed by atoms with E-state index in [2.05, 4.69) is 32.7 Å². The Labute approximate surface area is 212 Å². The topological polar surface area (TPSA) is 79.7 Å². The van der Waals surface area contributed by atoms with E-state index in [1.807, 2.05) is 29.2 Å². The Morgan fingerprint density at radius 1 is 1.06 bits per heavy atom. The highest BCUT2D eigenvalue weighted by molar-refractivity contribution is 7.14. The molecular formula is C28H38N2O4S. The fraction of sp³-hybridized carbons (Fsp3) is 0.607. The number of ether oxygens (including phenoxy) is 1. The molecule has 2 heterocycles. The lowest BCUT2D eigenvalue weighted by Crippen LogP contribution is -2.47. The summed E-state index contributed by atoms with van der Waals surface area (Å²) in [7, 11) is 0. The molecule has 0 bridgehead atoms. The summed E-state index contributed by atoms with van der Waals surface area (Å²) in [5, 5.41) is 10.1. The molecule has 2 aliphatic carbocycles. The largest absolute Gasteiger partial charge is 0.477 e. The van der Waals surface area contributed by atoms with Gasteiger partial charge in [0, 0.05) is 29.1 Å². The van der Waals surface area contributed by atoms with Crippen LogP contribution < -0.4 is 9.64 Å². The molecule has 1 amide bonds. The Bertz CT molecular complexity index is 1010. The van der Waals surface area contributed by atoms with E-state index in [0.29, 0.717) is 17.5 Å². The zero-order chi connectivity index (χ0) is 25.2. The summed E-state index contributed by atoms with van der Waals surface area (Å²) < 4.78 is 6.08. The molecule has 2 aromatic heterocycles. The number of carbonyl (C=O) groups is 2. The third kappa shape index (κ3) is 6.05. The van der Waals surface area contributed by atoms with Crippen LogP contribution in [0.5, 0.6) is 5.88 Å². The number of amides is 1. The number of hydrogen-bond acceptors (Lipinski definition) is 5. The third-order valence-corrected chi connectivity index (χ3v) is 8.98. The van der Waals surface area contributed by atoms with Crippen molar-refractivity contribution in [3.63, 3.8) is 0 Å². The molecule has 0 radical (unpaired) electrons. The van der Waals surface area contributed by atoms with Crippen LogP contribution in [0.4, 0.5) is 5.69 Å². The molecule has 7 heteroatoms. The molecule has 2 aliphatic rings. The van der Waals surface area contributed by atoms with Gasteiger partial charge in [0.1, 0.15) is 11.0 Å². The minimum Gasteiger partial charge on any atom is -0.477 e. The summed E-state index contributed by atoms with van der Waals surface area (Å²) in [6.45, 7) is 8.51. The van der Waals surface area contributed by atoms with E-state index in [9.17, 15) is 14.7 Å². The lowest BCUT2D eigenvalue weighted by molar-refractivity contribution is -0.124. The predicted octanol–water partition coefficient (Wildman–Crippen LogP) is 6.69. The smallest absolute Gasteiger partial charge is 0.348 e. The minimum absolute atomic E-state index is 0.0223. The Kier molecular flexibility index (Phi) is 7.84. The van der Waals surface area contributed by atoms with Gasteiger partial charge in [-0.3, -0.25) is 4.79 Å². The van der Waals surface area contributed by atoms with Crippen LogP contribution in [-0.2, 0) is 10.2 Å². The predicted molar refractivity (Wildman–Crippen MR) is 139 cm³/mol. The summed E-state index contributed by atoms with van der Waals surface area (Å²) in [4.78, 5) is 33.7. The molecule has 0 unspecified atom stereocenters. The first kappa shape index (κ1) is 25.7. The summed E-state index contributed by atoms with van der Waals surface area (Å²) in [5.41, 5.74) is 0.404. The fourth-order valence-electron chi connectivity index (χ4n) is 5.29. The molecule has 2 fully saturated rings. The fourth-order valence-corrected chi connectivity index (χ4v) is 6.34. The van der Waals surface area contributed by atoms with Gasteiger partial charge in [0.15, 0.2) is 0 Å². The Hall–Kier alpha value is -2.41. The first-order valence-electron chi connectivity index (χ1n) is 12.9. The number of anilines is 1. The molecule has 0 aromatic carbocycles. The van der Waals surface area contributed by atoms with Crippen molar-refractivity contribution in [2.24, 2.45) is 11.8 Å². The first-order valence-corrected chi connectivity index (χ1v) is 13.7. The molecule has 2 aromatic rings. The van der Waals surface area contributed by atoms with Gasteiger partial charge in [-0.2, -0.15) is 0 Å². The zero-order valence-electron chi connectivity index (χ0n) is 21.3. The molecule has 0 aliphatic heterocycles. The van der Waals surface area contributed by atoms with Crippen molar-refractivity contribution in [2.45, 2.75) is 96.6 Å². The SMILES string of the molecule is CC(C)(C)c1cc(N(C(=O)[C@H]2CC[C@H](C)CC2)[C@H]2CC[C@H](Oc3ccccn3)CC2)c(C(=O)O)s1. The van der Waals surface area contributed by atoms with Crippen LogP contribution in [0, 0.1) is 11.8 Å². The van der Waals surface area contributed by atoms with E-state index in [0.717, 1.165) is 56.2 Å². The van der Waals surface area contributed by atoms with Gasteiger partial charge in [-0.1, -0.05) is 33.8 Å². The number of rotatable bonds is 6. The van der Waals surface area contributed by atoms with Gasteiger partial charge in [0.2, 0.25) is 11.8 Å². The van der Waals surface area contributed by atoms with Crippen molar-refractivity contribution < 1.29 is 19.4 Å². The van der Waals surface area contributed by atoms with Crippen LogP contribution in [0.3, 0.4) is 0 Å². The first-order chi connectivity index (χ1) is 16.6. The maximum absolute atomic E-state index is 14.0. The summed E-state index contributed by atoms with van der Waals surface area (Å²) in [6.07, 6.45) is 8.84. The molecular weight excluding hydrogens is 460 g/mol. The second kappa shape index (κ2) is 10.7. The van der Waals surface area contributed by atoms with Gasteiger partial charge < -0.3 is 14.7 Å². The minimum atomic E-state index is -0.956. The number of aromatic carboxylic acids is 1. The number of carboxylic acid groups (broad SMARTS) is 1. The number of carboxylic acids is 1. The molecule has 0 saturated heterocycles. The van der Waals surface area contributed by atoms with Crippen LogP contribution >= 0.6 is 11.3 Å². The number of aromatic nitrogens is 1. The van der Waals surface area contributed by atoms with E-state index in [1.54, 1.807) is 6.20 Å². The monoisotopic (exact) mass is 498 g/mol. The highest BCUT2D eigenvalue weighted by Crippen LogP contribution is 2.42. The van der Waals surface area contributed by atoms with Gasteiger partial charge in [0.25, 0.3) is 0 Å². The van der Waals surface area contributed by atoms with Gasteiger partial charge in [-0.25, -0.2) is 9.78 Å². The van der Waals surface area contributed by atoms with Crippen molar-refractivity contribution in [3.05, 3.63) is 40.2 Å². The number of hydrogen-bond donors (Lipinski definition) is 1. The molecule has 35 heavy (non-hydrogen) atoms. The number of carbonyl (C=O) groups excluding carboxylic acids is 1. The van der Waals surface area contributed by atoms with Crippen LogP contribution in [0.2, 0.25) is 0 Å². The molecule has 1 N–H and O–H groups in total. The number of nitrogens with zero attached hydrogens (tertiary/aromatic N) is 2. The van der Waals surface area contributed by atoms with E-state index < -0.39 is 5.97 Å². The van der Waals surface area contributed by atoms with E-state index in [1.165, 1.54) is 11.3 Å². The standard InChI is InChI=1S/C28H38N2O4S/c1-18-8-10-19(11-9-18)26(31)30(22-17-23(28(2,3)4)35-25(22)27(32)33)20-12-14-21(15-13-20)34-24-7-5-6-16-29-24/h5-7,16-21H,8-15H2,1-4H3,(H,32,33)/t18-,19-,20-,21-. The second-order valence-electron chi connectivity index (χ2n) is 11.3. The molecule has 0 atom stereocenters. The van der Waals surface area contributed by atoms with Crippen molar-refractivity contribution in [3.8, 4) is 5.88 Å². The van der Waals surface area contributed by atoms with Gasteiger partial charge in [-0.15, -0.1) is 11.3 Å². The maximum atomic E-state index is 14.0. The lowest BCUT2D eigenvalue weighted by Gasteiger charge is -2.39. The summed E-state index contributed by atoms with van der Waals surface area (Å²) in [6, 6.07) is 7.59. The number of pyridine rings is 1.